The minimum absolute atomic E-state index is 0.0454. The number of halogens is 3. The molecule has 0 aliphatic carbocycles. The number of rotatable bonds is 7. The lowest BCUT2D eigenvalue weighted by atomic mass is 10.3. The molecule has 0 radical (unpaired) electrons. The van der Waals surface area contributed by atoms with Crippen molar-refractivity contribution >= 4 is 0 Å². The van der Waals surface area contributed by atoms with E-state index in [4.69, 9.17) is 4.74 Å². The highest BCUT2D eigenvalue weighted by molar-refractivity contribution is 5.08. The van der Waals surface area contributed by atoms with Gasteiger partial charge in [0.1, 0.15) is 0 Å². The SMILES string of the molecule is CCCNC(COC)Cn1cc(C(F)(F)F)cn1. The highest BCUT2D eigenvalue weighted by Gasteiger charge is 2.32. The molecule has 1 atom stereocenters. The quantitative estimate of drug-likeness (QED) is 0.818. The van der Waals surface area contributed by atoms with Crippen molar-refractivity contribution in [3.63, 3.8) is 0 Å². The Morgan fingerprint density at radius 1 is 1.50 bits per heavy atom. The van der Waals surface area contributed by atoms with Gasteiger partial charge >= 0.3 is 6.18 Å². The molecular formula is C11H18F3N3O. The van der Waals surface area contributed by atoms with Gasteiger partial charge in [0.2, 0.25) is 0 Å². The first-order valence-electron chi connectivity index (χ1n) is 5.79. The first-order valence-corrected chi connectivity index (χ1v) is 5.79. The molecule has 1 aromatic heterocycles. The zero-order valence-corrected chi connectivity index (χ0v) is 10.5. The Bertz CT molecular complexity index is 352. The fourth-order valence-corrected chi connectivity index (χ4v) is 1.56. The third-order valence-electron chi connectivity index (χ3n) is 2.42. The summed E-state index contributed by atoms with van der Waals surface area (Å²) in [4.78, 5) is 0. The van der Waals surface area contributed by atoms with Crippen LogP contribution in [0.1, 0.15) is 18.9 Å². The van der Waals surface area contributed by atoms with E-state index in [1.807, 2.05) is 6.92 Å². The Balaban J connectivity index is 2.60. The van der Waals surface area contributed by atoms with Gasteiger partial charge in [-0.15, -0.1) is 0 Å². The normalized spacial score (nSPS) is 13.8. The van der Waals surface area contributed by atoms with Crippen molar-refractivity contribution in [2.75, 3.05) is 20.3 Å². The summed E-state index contributed by atoms with van der Waals surface area (Å²) >= 11 is 0. The highest BCUT2D eigenvalue weighted by Crippen LogP contribution is 2.28. The highest BCUT2D eigenvalue weighted by atomic mass is 19.4. The van der Waals surface area contributed by atoms with Gasteiger partial charge < -0.3 is 10.1 Å². The summed E-state index contributed by atoms with van der Waals surface area (Å²) < 4.78 is 43.5. The Morgan fingerprint density at radius 3 is 2.72 bits per heavy atom. The number of aromatic nitrogens is 2. The molecule has 0 aliphatic heterocycles. The van der Waals surface area contributed by atoms with Crippen molar-refractivity contribution in [1.82, 2.24) is 15.1 Å². The summed E-state index contributed by atoms with van der Waals surface area (Å²) in [6.45, 7) is 3.60. The van der Waals surface area contributed by atoms with Gasteiger partial charge in [0.05, 0.1) is 31.0 Å². The number of nitrogens with one attached hydrogen (secondary N) is 1. The lowest BCUT2D eigenvalue weighted by molar-refractivity contribution is -0.137. The third-order valence-corrected chi connectivity index (χ3v) is 2.42. The maximum atomic E-state index is 12.4. The number of methoxy groups -OCH3 is 1. The Labute approximate surface area is 104 Å². The summed E-state index contributed by atoms with van der Waals surface area (Å²) in [5, 5.41) is 6.91. The zero-order chi connectivity index (χ0) is 13.6. The van der Waals surface area contributed by atoms with Gasteiger partial charge in [-0.2, -0.15) is 18.3 Å². The van der Waals surface area contributed by atoms with Crippen molar-refractivity contribution in [2.24, 2.45) is 0 Å². The maximum absolute atomic E-state index is 12.4. The largest absolute Gasteiger partial charge is 0.419 e. The van der Waals surface area contributed by atoms with Crippen molar-refractivity contribution < 1.29 is 17.9 Å². The third kappa shape index (κ3) is 4.66. The van der Waals surface area contributed by atoms with Crippen LogP contribution in [-0.2, 0) is 17.5 Å². The standard InChI is InChI=1S/C11H18F3N3O/c1-3-4-15-10(8-18-2)7-17-6-9(5-16-17)11(12,13)14/h5-6,10,15H,3-4,7-8H2,1-2H3. The van der Waals surface area contributed by atoms with E-state index in [0.29, 0.717) is 13.2 Å². The fraction of sp³-hybridized carbons (Fsp3) is 0.727. The van der Waals surface area contributed by atoms with Crippen LogP contribution in [-0.4, -0.2) is 36.1 Å². The lowest BCUT2D eigenvalue weighted by Gasteiger charge is -2.17. The van der Waals surface area contributed by atoms with Crippen LogP contribution < -0.4 is 5.32 Å². The van der Waals surface area contributed by atoms with Crippen LogP contribution in [0.25, 0.3) is 0 Å². The van der Waals surface area contributed by atoms with Gasteiger partial charge in [0, 0.05) is 13.3 Å². The average Bonchev–Trinajstić information content (AvgIpc) is 2.74. The summed E-state index contributed by atoms with van der Waals surface area (Å²) in [6, 6.07) is -0.0454. The average molecular weight is 265 g/mol. The predicted octanol–water partition coefficient (Wildman–Crippen LogP) is 1.92. The monoisotopic (exact) mass is 265 g/mol. The van der Waals surface area contributed by atoms with Crippen LogP contribution in [0.3, 0.4) is 0 Å². The Kier molecular flexibility index (Phi) is 5.61. The van der Waals surface area contributed by atoms with Gasteiger partial charge in [0.25, 0.3) is 0 Å². The second-order valence-corrected chi connectivity index (χ2v) is 4.06. The van der Waals surface area contributed by atoms with E-state index in [9.17, 15) is 13.2 Å². The Morgan fingerprint density at radius 2 is 2.22 bits per heavy atom. The summed E-state index contributed by atoms with van der Waals surface area (Å²) in [5.74, 6) is 0. The van der Waals surface area contributed by atoms with Gasteiger partial charge in [-0.3, -0.25) is 4.68 Å². The van der Waals surface area contributed by atoms with Gasteiger partial charge in [-0.25, -0.2) is 0 Å². The fourth-order valence-electron chi connectivity index (χ4n) is 1.56. The summed E-state index contributed by atoms with van der Waals surface area (Å²) in [7, 11) is 1.56. The maximum Gasteiger partial charge on any atom is 0.419 e. The van der Waals surface area contributed by atoms with Crippen molar-refractivity contribution in [3.05, 3.63) is 18.0 Å². The molecule has 1 rings (SSSR count). The number of alkyl halides is 3. The van der Waals surface area contributed by atoms with Gasteiger partial charge in [0.15, 0.2) is 0 Å². The molecule has 0 aliphatic rings. The minimum atomic E-state index is -4.34. The van der Waals surface area contributed by atoms with Crippen molar-refractivity contribution in [1.29, 1.82) is 0 Å². The summed E-state index contributed by atoms with van der Waals surface area (Å²) in [6.07, 6.45) is -1.54. The van der Waals surface area contributed by atoms with E-state index >= 15 is 0 Å². The van der Waals surface area contributed by atoms with Crippen LogP contribution in [0.15, 0.2) is 12.4 Å². The van der Waals surface area contributed by atoms with Crippen molar-refractivity contribution in [3.8, 4) is 0 Å². The first kappa shape index (κ1) is 15.0. The molecule has 7 heteroatoms. The van der Waals surface area contributed by atoms with Crippen LogP contribution in [0, 0.1) is 0 Å². The van der Waals surface area contributed by atoms with Crippen molar-refractivity contribution in [2.45, 2.75) is 32.1 Å². The molecule has 18 heavy (non-hydrogen) atoms. The second kappa shape index (κ2) is 6.75. The smallest absolute Gasteiger partial charge is 0.383 e. The minimum Gasteiger partial charge on any atom is -0.383 e. The van der Waals surface area contributed by atoms with Gasteiger partial charge in [-0.1, -0.05) is 6.92 Å². The topological polar surface area (TPSA) is 39.1 Å². The molecule has 0 aromatic carbocycles. The van der Waals surface area contributed by atoms with E-state index in [1.54, 1.807) is 7.11 Å². The molecule has 0 fully saturated rings. The van der Waals surface area contributed by atoms with E-state index < -0.39 is 11.7 Å². The molecule has 104 valence electrons. The summed E-state index contributed by atoms with van der Waals surface area (Å²) in [5.41, 5.74) is -0.728. The first-order chi connectivity index (χ1) is 8.47. The number of hydrogen-bond donors (Lipinski definition) is 1. The molecule has 4 nitrogen and oxygen atoms in total. The van der Waals surface area contributed by atoms with Crippen LogP contribution in [0.4, 0.5) is 13.2 Å². The Hall–Kier alpha value is -1.08. The van der Waals surface area contributed by atoms with E-state index in [0.717, 1.165) is 25.4 Å². The molecule has 1 N–H and O–H groups in total. The molecule has 0 saturated carbocycles. The van der Waals surface area contributed by atoms with E-state index in [2.05, 4.69) is 10.4 Å². The zero-order valence-electron chi connectivity index (χ0n) is 10.5. The number of ether oxygens (including phenoxy) is 1. The second-order valence-electron chi connectivity index (χ2n) is 4.06. The van der Waals surface area contributed by atoms with Crippen LogP contribution in [0.2, 0.25) is 0 Å². The molecule has 0 bridgehead atoms. The number of nitrogens with zero attached hydrogens (tertiary/aromatic N) is 2. The molecule has 1 unspecified atom stereocenters. The van der Waals surface area contributed by atoms with Crippen LogP contribution in [0.5, 0.6) is 0 Å². The molecule has 1 aromatic rings. The molecular weight excluding hydrogens is 247 g/mol. The van der Waals surface area contributed by atoms with E-state index in [1.165, 1.54) is 4.68 Å². The molecule has 0 saturated heterocycles. The molecule has 0 spiro atoms. The van der Waals surface area contributed by atoms with Gasteiger partial charge in [-0.05, 0) is 13.0 Å². The van der Waals surface area contributed by atoms with Crippen LogP contribution >= 0.6 is 0 Å². The predicted molar refractivity (Wildman–Crippen MR) is 61.2 cm³/mol. The lowest BCUT2D eigenvalue weighted by Crippen LogP contribution is -2.37. The number of hydrogen-bond acceptors (Lipinski definition) is 3. The van der Waals surface area contributed by atoms with E-state index in [-0.39, 0.29) is 6.04 Å². The molecule has 1 heterocycles. The molecule has 0 amide bonds.